The number of hydrogen-bond acceptors (Lipinski definition) is 2. The topological polar surface area (TPSA) is 18.5 Å². The smallest absolute Gasteiger partial charge is 0.387 e. The summed E-state index contributed by atoms with van der Waals surface area (Å²) in [4.78, 5) is 0. The Morgan fingerprint density at radius 3 is 2.44 bits per heavy atom. The monoisotopic (exact) mass is 256 g/mol. The van der Waals surface area contributed by atoms with Crippen molar-refractivity contribution >= 4 is 13.3 Å². The van der Waals surface area contributed by atoms with Gasteiger partial charge in [0.25, 0.3) is 0 Å². The second-order valence-electron chi connectivity index (χ2n) is 5.49. The van der Waals surface area contributed by atoms with Crippen LogP contribution in [0.5, 0.6) is 11.5 Å². The van der Waals surface area contributed by atoms with E-state index >= 15 is 0 Å². The minimum Gasteiger partial charge on any atom is -0.490 e. The molecule has 0 amide bonds. The van der Waals surface area contributed by atoms with Crippen LogP contribution in [0.1, 0.15) is 27.2 Å². The second kappa shape index (κ2) is 6.07. The lowest BCUT2D eigenvalue weighted by atomic mass is 9.93. The van der Waals surface area contributed by atoms with E-state index < -0.39 is 6.61 Å². The molecule has 0 atom stereocenters. The lowest BCUT2D eigenvalue weighted by molar-refractivity contribution is -0.0515. The fraction of sp³-hybridized carbons (Fsp3) is 0.538. The first-order chi connectivity index (χ1) is 8.28. The fourth-order valence-electron chi connectivity index (χ4n) is 1.39. The Balaban J connectivity index is 2.70. The van der Waals surface area contributed by atoms with E-state index in [2.05, 4.69) is 25.5 Å². The zero-order chi connectivity index (χ0) is 13.8. The van der Waals surface area contributed by atoms with Gasteiger partial charge in [0, 0.05) is 0 Å². The van der Waals surface area contributed by atoms with Crippen molar-refractivity contribution in [2.24, 2.45) is 5.41 Å². The van der Waals surface area contributed by atoms with E-state index in [0.29, 0.717) is 12.4 Å². The van der Waals surface area contributed by atoms with Crippen LogP contribution in [0.25, 0.3) is 0 Å². The highest BCUT2D eigenvalue weighted by atomic mass is 19.3. The molecule has 0 aromatic heterocycles. The maximum absolute atomic E-state index is 12.2. The molecule has 0 aliphatic rings. The Morgan fingerprint density at radius 2 is 1.89 bits per heavy atom. The third-order valence-corrected chi connectivity index (χ3v) is 2.42. The highest BCUT2D eigenvalue weighted by Crippen LogP contribution is 2.28. The summed E-state index contributed by atoms with van der Waals surface area (Å²) in [5, 5.41) is 0. The van der Waals surface area contributed by atoms with E-state index in [4.69, 9.17) is 4.74 Å². The minimum absolute atomic E-state index is 0.0875. The predicted octanol–water partition coefficient (Wildman–Crippen LogP) is 2.36. The van der Waals surface area contributed by atoms with Gasteiger partial charge in [-0.3, -0.25) is 0 Å². The largest absolute Gasteiger partial charge is 0.490 e. The molecule has 1 aromatic rings. The molecule has 100 valence electrons. The highest BCUT2D eigenvalue weighted by Gasteiger charge is 2.13. The van der Waals surface area contributed by atoms with Crippen molar-refractivity contribution in [1.82, 2.24) is 0 Å². The number of alkyl halides is 2. The number of benzene rings is 1. The molecule has 1 aromatic carbocycles. The molecule has 0 saturated heterocycles. The van der Waals surface area contributed by atoms with E-state index in [-0.39, 0.29) is 11.2 Å². The number of hydrogen-bond donors (Lipinski definition) is 0. The lowest BCUT2D eigenvalue weighted by Crippen LogP contribution is -2.13. The molecule has 0 spiro atoms. The summed E-state index contributed by atoms with van der Waals surface area (Å²) in [7, 11) is 1.88. The summed E-state index contributed by atoms with van der Waals surface area (Å²) in [5.74, 6) is 0.462. The van der Waals surface area contributed by atoms with Crippen LogP contribution in [0, 0.1) is 5.41 Å². The zero-order valence-electron chi connectivity index (χ0n) is 11.3. The van der Waals surface area contributed by atoms with Gasteiger partial charge in [0.1, 0.15) is 7.85 Å². The normalized spacial score (nSPS) is 11.7. The maximum Gasteiger partial charge on any atom is 0.387 e. The van der Waals surface area contributed by atoms with Gasteiger partial charge in [-0.25, -0.2) is 0 Å². The van der Waals surface area contributed by atoms with E-state index in [9.17, 15) is 8.78 Å². The molecule has 0 radical (unpaired) electrons. The van der Waals surface area contributed by atoms with Crippen molar-refractivity contribution in [3.05, 3.63) is 18.2 Å². The number of halogens is 2. The molecular weight excluding hydrogens is 237 g/mol. The van der Waals surface area contributed by atoms with Crippen LogP contribution in [0.4, 0.5) is 8.78 Å². The Labute approximate surface area is 108 Å². The fourth-order valence-corrected chi connectivity index (χ4v) is 1.39. The molecule has 0 fully saturated rings. The van der Waals surface area contributed by atoms with Crippen molar-refractivity contribution in [2.75, 3.05) is 6.61 Å². The quantitative estimate of drug-likeness (QED) is 0.753. The van der Waals surface area contributed by atoms with Crippen LogP contribution in [0.15, 0.2) is 18.2 Å². The van der Waals surface area contributed by atoms with Crippen LogP contribution in [0.2, 0.25) is 0 Å². The van der Waals surface area contributed by atoms with Gasteiger partial charge in [-0.05, 0) is 24.0 Å². The van der Waals surface area contributed by atoms with Gasteiger partial charge in [-0.1, -0.05) is 32.3 Å². The summed E-state index contributed by atoms with van der Waals surface area (Å²) < 4.78 is 34.4. The lowest BCUT2D eigenvalue weighted by Gasteiger charge is -2.19. The summed E-state index contributed by atoms with van der Waals surface area (Å²) >= 11 is 0. The van der Waals surface area contributed by atoms with Crippen LogP contribution in [-0.2, 0) is 0 Å². The molecule has 0 saturated carbocycles. The van der Waals surface area contributed by atoms with Crippen molar-refractivity contribution in [3.63, 3.8) is 0 Å². The first kappa shape index (κ1) is 14.8. The average molecular weight is 256 g/mol. The van der Waals surface area contributed by atoms with Crippen LogP contribution < -0.4 is 14.9 Å². The van der Waals surface area contributed by atoms with E-state index in [0.717, 1.165) is 11.9 Å². The molecule has 0 bridgehead atoms. The second-order valence-corrected chi connectivity index (χ2v) is 5.49. The van der Waals surface area contributed by atoms with E-state index in [1.54, 1.807) is 12.1 Å². The SMILES string of the molecule is Bc1ccc(OC(F)F)c(OCCC(C)(C)C)c1. The van der Waals surface area contributed by atoms with Crippen molar-refractivity contribution < 1.29 is 18.3 Å². The minimum atomic E-state index is -2.84. The molecular formula is C13H19BF2O2. The van der Waals surface area contributed by atoms with E-state index in [1.807, 2.05) is 7.85 Å². The molecule has 0 aliphatic heterocycles. The molecule has 1 rings (SSSR count). The zero-order valence-corrected chi connectivity index (χ0v) is 11.3. The summed E-state index contributed by atoms with van der Waals surface area (Å²) in [6, 6.07) is 4.93. The highest BCUT2D eigenvalue weighted by molar-refractivity contribution is 6.32. The first-order valence-corrected chi connectivity index (χ1v) is 5.96. The molecule has 5 heteroatoms. The predicted molar refractivity (Wildman–Crippen MR) is 70.8 cm³/mol. The molecule has 18 heavy (non-hydrogen) atoms. The summed E-state index contributed by atoms with van der Waals surface area (Å²) in [5.41, 5.74) is 1.09. The first-order valence-electron chi connectivity index (χ1n) is 5.96. The molecule has 0 unspecified atom stereocenters. The number of ether oxygens (including phenoxy) is 2. The van der Waals surface area contributed by atoms with Gasteiger partial charge in [0.2, 0.25) is 0 Å². The van der Waals surface area contributed by atoms with Crippen molar-refractivity contribution in [1.29, 1.82) is 0 Å². The summed E-state index contributed by atoms with van der Waals surface area (Å²) in [6.45, 7) is 3.94. The molecule has 0 aliphatic carbocycles. The maximum atomic E-state index is 12.2. The molecule has 2 nitrogen and oxygen atoms in total. The summed E-state index contributed by atoms with van der Waals surface area (Å²) in [6.07, 6.45) is 0.842. The Kier molecular flexibility index (Phi) is 4.99. The number of rotatable bonds is 5. The average Bonchev–Trinajstić information content (AvgIpc) is 2.19. The van der Waals surface area contributed by atoms with Gasteiger partial charge in [-0.2, -0.15) is 8.78 Å². The van der Waals surface area contributed by atoms with Crippen LogP contribution in [0.3, 0.4) is 0 Å². The van der Waals surface area contributed by atoms with Gasteiger partial charge in [-0.15, -0.1) is 0 Å². The van der Waals surface area contributed by atoms with Crippen LogP contribution >= 0.6 is 0 Å². The molecule has 0 heterocycles. The van der Waals surface area contributed by atoms with Gasteiger partial charge in [0.05, 0.1) is 6.61 Å². The van der Waals surface area contributed by atoms with Gasteiger partial charge < -0.3 is 9.47 Å². The Bertz CT molecular complexity index is 389. The van der Waals surface area contributed by atoms with Crippen molar-refractivity contribution in [2.45, 2.75) is 33.8 Å². The van der Waals surface area contributed by atoms with E-state index in [1.165, 1.54) is 6.07 Å². The standard InChI is InChI=1S/C13H19BF2O2/c1-13(2,3)6-7-17-11-8-9(14)4-5-10(11)18-12(15)16/h4-5,8,12H,6-7,14H2,1-3H3. The Morgan fingerprint density at radius 1 is 1.22 bits per heavy atom. The third kappa shape index (κ3) is 5.38. The third-order valence-electron chi connectivity index (χ3n) is 2.42. The van der Waals surface area contributed by atoms with Gasteiger partial charge >= 0.3 is 6.61 Å². The van der Waals surface area contributed by atoms with Crippen molar-refractivity contribution in [3.8, 4) is 11.5 Å². The van der Waals surface area contributed by atoms with Gasteiger partial charge in [0.15, 0.2) is 11.5 Å². The van der Waals surface area contributed by atoms with Crippen LogP contribution in [-0.4, -0.2) is 21.1 Å². The Hall–Kier alpha value is -1.26. The molecule has 0 N–H and O–H groups in total.